The summed E-state index contributed by atoms with van der Waals surface area (Å²) in [6, 6.07) is 8.33. The van der Waals surface area contributed by atoms with Gasteiger partial charge in [-0.2, -0.15) is 15.5 Å². The molecule has 12 heteroatoms. The largest absolute Gasteiger partial charge is 0.465 e. The highest BCUT2D eigenvalue weighted by molar-refractivity contribution is 5.98. The smallest absolute Gasteiger partial charge is 0.407 e. The average molecular weight is 495 g/mol. The molecule has 3 aromatic rings. The van der Waals surface area contributed by atoms with E-state index >= 15 is 0 Å². The van der Waals surface area contributed by atoms with Crippen molar-refractivity contribution in [3.8, 4) is 6.07 Å². The molecule has 188 valence electrons. The van der Waals surface area contributed by atoms with E-state index in [1.54, 1.807) is 30.1 Å². The first-order valence-electron chi connectivity index (χ1n) is 11.5. The second-order valence-electron chi connectivity index (χ2n) is 8.91. The summed E-state index contributed by atoms with van der Waals surface area (Å²) in [6.07, 6.45) is 4.47. The van der Waals surface area contributed by atoms with Gasteiger partial charge in [0.2, 0.25) is 0 Å². The standard InChI is InChI=1S/C24H27FN8O3/c1-3-19(32-11-4-10-28-32)24(2)20(15(13-26)9-12-31(24)23(35)36)33-14-18(21(27)34)22(30-33)29-17-7-5-16(25)6-8-17/h4-8,10-11,14-15,19-20H,3,9,12H2,1-2H3,(H2,27,34)(H,29,30)(H,35,36). The number of benzene rings is 1. The molecule has 0 bridgehead atoms. The molecule has 1 aliphatic heterocycles. The van der Waals surface area contributed by atoms with Crippen LogP contribution in [0, 0.1) is 23.1 Å². The van der Waals surface area contributed by atoms with Gasteiger partial charge in [-0.25, -0.2) is 9.18 Å². The van der Waals surface area contributed by atoms with Gasteiger partial charge in [0.25, 0.3) is 5.91 Å². The van der Waals surface area contributed by atoms with Gasteiger partial charge in [-0.05, 0) is 50.1 Å². The van der Waals surface area contributed by atoms with Crippen LogP contribution in [0.4, 0.5) is 20.7 Å². The Hall–Kier alpha value is -4.40. The Balaban J connectivity index is 1.87. The number of halogens is 1. The lowest BCUT2D eigenvalue weighted by Crippen LogP contribution is -2.64. The zero-order valence-electron chi connectivity index (χ0n) is 19.9. The third-order valence-corrected chi connectivity index (χ3v) is 6.92. The van der Waals surface area contributed by atoms with Crippen molar-refractivity contribution in [1.82, 2.24) is 24.5 Å². The van der Waals surface area contributed by atoms with Gasteiger partial charge < -0.3 is 16.2 Å². The fourth-order valence-corrected chi connectivity index (χ4v) is 5.31. The number of hydrogen-bond donors (Lipinski definition) is 3. The molecule has 4 unspecified atom stereocenters. The number of likely N-dealkylation sites (tertiary alicyclic amines) is 1. The maximum atomic E-state index is 13.4. The highest BCUT2D eigenvalue weighted by Crippen LogP contribution is 2.48. The molecule has 4 N–H and O–H groups in total. The molecule has 3 heterocycles. The molecular weight excluding hydrogens is 467 g/mol. The van der Waals surface area contributed by atoms with Crippen LogP contribution >= 0.6 is 0 Å². The summed E-state index contributed by atoms with van der Waals surface area (Å²) in [6.45, 7) is 3.86. The number of anilines is 2. The second kappa shape index (κ2) is 9.69. The Kier molecular flexibility index (Phi) is 6.65. The maximum Gasteiger partial charge on any atom is 0.407 e. The van der Waals surface area contributed by atoms with E-state index in [-0.39, 0.29) is 24.3 Å². The molecule has 0 aliphatic carbocycles. The van der Waals surface area contributed by atoms with E-state index in [0.29, 0.717) is 12.1 Å². The van der Waals surface area contributed by atoms with E-state index in [1.165, 1.54) is 40.0 Å². The van der Waals surface area contributed by atoms with E-state index in [2.05, 4.69) is 21.6 Å². The van der Waals surface area contributed by atoms with Crippen molar-refractivity contribution < 1.29 is 19.1 Å². The minimum absolute atomic E-state index is 0.0537. The predicted octanol–water partition coefficient (Wildman–Crippen LogP) is 3.54. The quantitative estimate of drug-likeness (QED) is 0.454. The van der Waals surface area contributed by atoms with Gasteiger partial charge in [0, 0.05) is 30.8 Å². The number of amides is 2. The number of hydrogen-bond acceptors (Lipinski definition) is 6. The number of nitrogens with one attached hydrogen (secondary N) is 1. The molecule has 1 saturated heterocycles. The summed E-state index contributed by atoms with van der Waals surface area (Å²) in [5.41, 5.74) is 4.99. The molecular formula is C24H27FN8O3. The highest BCUT2D eigenvalue weighted by Gasteiger charge is 2.56. The van der Waals surface area contributed by atoms with Crippen molar-refractivity contribution in [3.05, 3.63) is 60.3 Å². The molecule has 1 fully saturated rings. The fourth-order valence-electron chi connectivity index (χ4n) is 5.31. The molecule has 11 nitrogen and oxygen atoms in total. The zero-order chi connectivity index (χ0) is 26.0. The Bertz CT molecular complexity index is 1280. The summed E-state index contributed by atoms with van der Waals surface area (Å²) in [7, 11) is 0. The number of aromatic nitrogens is 4. The summed E-state index contributed by atoms with van der Waals surface area (Å²) < 4.78 is 16.5. The van der Waals surface area contributed by atoms with Crippen molar-refractivity contribution in [3.63, 3.8) is 0 Å². The monoisotopic (exact) mass is 494 g/mol. The molecule has 1 aromatic carbocycles. The van der Waals surface area contributed by atoms with Gasteiger partial charge in [0.05, 0.1) is 29.6 Å². The van der Waals surface area contributed by atoms with Crippen LogP contribution in [0.5, 0.6) is 0 Å². The second-order valence-corrected chi connectivity index (χ2v) is 8.91. The first-order chi connectivity index (χ1) is 17.2. The Labute approximate surface area is 206 Å². The summed E-state index contributed by atoms with van der Waals surface area (Å²) in [5, 5.41) is 32.2. The first kappa shape index (κ1) is 24.7. The number of piperidine rings is 1. The number of carboxylic acid groups (broad SMARTS) is 1. The first-order valence-corrected chi connectivity index (χ1v) is 11.5. The van der Waals surface area contributed by atoms with Gasteiger partial charge in [-0.1, -0.05) is 6.92 Å². The molecule has 2 aromatic heterocycles. The molecule has 0 radical (unpaired) electrons. The maximum absolute atomic E-state index is 13.4. The van der Waals surface area contributed by atoms with Gasteiger partial charge in [-0.3, -0.25) is 19.1 Å². The van der Waals surface area contributed by atoms with Crippen LogP contribution in [-0.2, 0) is 0 Å². The van der Waals surface area contributed by atoms with Crippen LogP contribution in [0.3, 0.4) is 0 Å². The van der Waals surface area contributed by atoms with Gasteiger partial charge in [0.1, 0.15) is 11.4 Å². The van der Waals surface area contributed by atoms with Crippen LogP contribution in [0.2, 0.25) is 0 Å². The SMILES string of the molecule is CCC(n1cccn1)C1(C)C(n2cc(C(N)=O)c(Nc3ccc(F)cc3)n2)C(C#N)CCN1C(=O)O. The Morgan fingerprint density at radius 1 is 1.39 bits per heavy atom. The van der Waals surface area contributed by atoms with Crippen molar-refractivity contribution in [2.45, 2.75) is 44.3 Å². The van der Waals surface area contributed by atoms with Gasteiger partial charge in [0.15, 0.2) is 5.82 Å². The molecule has 4 atom stereocenters. The fraction of sp³-hybridized carbons (Fsp3) is 0.375. The zero-order valence-corrected chi connectivity index (χ0v) is 19.9. The summed E-state index contributed by atoms with van der Waals surface area (Å²) in [4.78, 5) is 26.1. The van der Waals surface area contributed by atoms with Crippen LogP contribution in [0.25, 0.3) is 0 Å². The molecule has 2 amide bonds. The Morgan fingerprint density at radius 2 is 2.11 bits per heavy atom. The molecule has 36 heavy (non-hydrogen) atoms. The van der Waals surface area contributed by atoms with E-state index < -0.39 is 41.4 Å². The number of rotatable bonds is 7. The van der Waals surface area contributed by atoms with E-state index in [4.69, 9.17) is 5.73 Å². The number of nitrogens with two attached hydrogens (primary N) is 1. The number of nitriles is 1. The van der Waals surface area contributed by atoms with Gasteiger partial charge >= 0.3 is 6.09 Å². The van der Waals surface area contributed by atoms with E-state index in [9.17, 15) is 24.3 Å². The molecule has 1 aliphatic rings. The number of carbonyl (C=O) groups excluding carboxylic acids is 1. The van der Waals surface area contributed by atoms with Crippen LogP contribution in [0.15, 0.2) is 48.9 Å². The Morgan fingerprint density at radius 3 is 2.67 bits per heavy atom. The molecule has 0 spiro atoms. The number of carbonyl (C=O) groups is 2. The van der Waals surface area contributed by atoms with Gasteiger partial charge in [-0.15, -0.1) is 0 Å². The lowest BCUT2D eigenvalue weighted by molar-refractivity contribution is -0.0369. The lowest BCUT2D eigenvalue weighted by atomic mass is 9.72. The van der Waals surface area contributed by atoms with Crippen molar-refractivity contribution in [2.24, 2.45) is 11.7 Å². The van der Waals surface area contributed by atoms with Crippen LogP contribution < -0.4 is 11.1 Å². The molecule has 0 saturated carbocycles. The lowest BCUT2D eigenvalue weighted by Gasteiger charge is -2.53. The summed E-state index contributed by atoms with van der Waals surface area (Å²) in [5.74, 6) is -1.68. The minimum Gasteiger partial charge on any atom is -0.465 e. The van der Waals surface area contributed by atoms with Crippen molar-refractivity contribution >= 4 is 23.5 Å². The highest BCUT2D eigenvalue weighted by atomic mass is 19.1. The van der Waals surface area contributed by atoms with Crippen LogP contribution in [0.1, 0.15) is 49.1 Å². The van der Waals surface area contributed by atoms with E-state index in [1.807, 2.05) is 6.92 Å². The summed E-state index contributed by atoms with van der Waals surface area (Å²) >= 11 is 0. The van der Waals surface area contributed by atoms with E-state index in [0.717, 1.165) is 0 Å². The van der Waals surface area contributed by atoms with Crippen LogP contribution in [-0.4, -0.2) is 53.7 Å². The van der Waals surface area contributed by atoms with Crippen molar-refractivity contribution in [2.75, 3.05) is 11.9 Å². The predicted molar refractivity (Wildman–Crippen MR) is 128 cm³/mol. The number of primary amides is 1. The third kappa shape index (κ3) is 4.24. The minimum atomic E-state index is -1.17. The topological polar surface area (TPSA) is 155 Å². The number of nitrogens with zero attached hydrogens (tertiary/aromatic N) is 6. The molecule has 4 rings (SSSR count). The third-order valence-electron chi connectivity index (χ3n) is 6.92. The average Bonchev–Trinajstić information content (AvgIpc) is 3.51. The van der Waals surface area contributed by atoms with Crippen molar-refractivity contribution in [1.29, 1.82) is 5.26 Å². The normalized spacial score (nSPS) is 22.6.